The van der Waals surface area contributed by atoms with Crippen molar-refractivity contribution in [2.24, 2.45) is 0 Å². The number of carbonyl (C=O) groups excluding carboxylic acids is 2. The molecule has 0 aliphatic heterocycles. The van der Waals surface area contributed by atoms with Gasteiger partial charge in [0.2, 0.25) is 5.91 Å². The molecular weight excluding hydrogens is 574 g/mol. The minimum atomic E-state index is -1.01. The van der Waals surface area contributed by atoms with Crippen LogP contribution in [0.25, 0.3) is 0 Å². The van der Waals surface area contributed by atoms with E-state index >= 15 is 0 Å². The van der Waals surface area contributed by atoms with E-state index < -0.39 is 5.97 Å². The number of hydrogen-bond acceptors (Lipinski definition) is 4. The molecule has 0 aliphatic rings. The molecule has 0 radical (unpaired) electrons. The lowest BCUT2D eigenvalue weighted by Gasteiger charge is -2.18. The number of hydrogen-bond donors (Lipinski definition) is 2. The van der Waals surface area contributed by atoms with Gasteiger partial charge in [0, 0.05) is 12.8 Å². The normalized spacial score (nSPS) is 11.9. The zero-order valence-electron chi connectivity index (χ0n) is 30.7. The average Bonchev–Trinajstić information content (AvgIpc) is 3.04. The van der Waals surface area contributed by atoms with Crippen LogP contribution in [0, 0.1) is 0 Å². The molecule has 0 aromatic rings. The lowest BCUT2D eigenvalue weighted by molar-refractivity contribution is -0.150. The van der Waals surface area contributed by atoms with Gasteiger partial charge in [-0.1, -0.05) is 174 Å². The largest absolute Gasteiger partial charge is 0.480 e. The van der Waals surface area contributed by atoms with Gasteiger partial charge < -0.3 is 15.2 Å². The third kappa shape index (κ3) is 35.3. The van der Waals surface area contributed by atoms with Crippen LogP contribution in [0.2, 0.25) is 0 Å². The summed E-state index contributed by atoms with van der Waals surface area (Å²) < 4.78 is 5.99. The Labute approximate surface area is 285 Å². The zero-order valence-corrected chi connectivity index (χ0v) is 30.7. The Morgan fingerprint density at radius 1 is 0.478 bits per heavy atom. The van der Waals surface area contributed by atoms with Crippen molar-refractivity contribution in [1.82, 2.24) is 5.32 Å². The van der Waals surface area contributed by atoms with Crippen LogP contribution < -0.4 is 5.32 Å². The van der Waals surface area contributed by atoms with E-state index in [0.29, 0.717) is 12.8 Å². The van der Waals surface area contributed by atoms with Crippen LogP contribution in [0.15, 0.2) is 0 Å². The summed E-state index contributed by atoms with van der Waals surface area (Å²) >= 11 is 0. The highest BCUT2D eigenvalue weighted by Crippen LogP contribution is 2.19. The maximum absolute atomic E-state index is 12.7. The van der Waals surface area contributed by atoms with Gasteiger partial charge in [-0.05, 0) is 38.5 Å². The van der Waals surface area contributed by atoms with Gasteiger partial charge in [-0.25, -0.2) is 0 Å². The van der Waals surface area contributed by atoms with Crippen molar-refractivity contribution < 1.29 is 24.2 Å². The standard InChI is InChI=1S/C40H77NO5/c1-3-5-7-9-11-12-13-14-15-16-17-18-19-20-22-27-31-35-40(45)46-37(32-28-24-21-10-8-6-4-2)33-29-25-23-26-30-34-38(42)41-36-39(43)44/h37H,3-36H2,1-2H3,(H,41,42)(H,43,44). The number of rotatable bonds is 37. The van der Waals surface area contributed by atoms with Crippen LogP contribution in [0.4, 0.5) is 0 Å². The van der Waals surface area contributed by atoms with Crippen LogP contribution >= 0.6 is 0 Å². The van der Waals surface area contributed by atoms with Gasteiger partial charge in [0.15, 0.2) is 0 Å². The van der Waals surface area contributed by atoms with Crippen molar-refractivity contribution in [3.63, 3.8) is 0 Å². The molecule has 1 amide bonds. The van der Waals surface area contributed by atoms with Gasteiger partial charge in [-0.15, -0.1) is 0 Å². The Morgan fingerprint density at radius 2 is 0.804 bits per heavy atom. The van der Waals surface area contributed by atoms with Gasteiger partial charge in [-0.2, -0.15) is 0 Å². The molecule has 46 heavy (non-hydrogen) atoms. The summed E-state index contributed by atoms with van der Waals surface area (Å²) in [4.78, 5) is 34.8. The van der Waals surface area contributed by atoms with Crippen LogP contribution in [0.1, 0.15) is 226 Å². The molecule has 0 aromatic heterocycles. The summed E-state index contributed by atoms with van der Waals surface area (Å²) in [7, 11) is 0. The molecule has 1 unspecified atom stereocenters. The second-order valence-electron chi connectivity index (χ2n) is 13.9. The van der Waals surface area contributed by atoms with E-state index in [0.717, 1.165) is 64.2 Å². The number of ether oxygens (including phenoxy) is 1. The van der Waals surface area contributed by atoms with Gasteiger partial charge in [0.1, 0.15) is 12.6 Å². The number of esters is 1. The van der Waals surface area contributed by atoms with E-state index in [-0.39, 0.29) is 24.5 Å². The van der Waals surface area contributed by atoms with Crippen LogP contribution in [-0.2, 0) is 19.1 Å². The summed E-state index contributed by atoms with van der Waals surface area (Å²) in [6, 6.07) is 0. The molecule has 0 saturated carbocycles. The molecule has 0 spiro atoms. The molecule has 0 bridgehead atoms. The summed E-state index contributed by atoms with van der Waals surface area (Å²) in [5, 5.41) is 11.1. The first-order valence-corrected chi connectivity index (χ1v) is 20.2. The Hall–Kier alpha value is -1.59. The minimum absolute atomic E-state index is 0.0127. The molecule has 1 atom stereocenters. The molecule has 0 fully saturated rings. The van der Waals surface area contributed by atoms with Crippen LogP contribution in [0.3, 0.4) is 0 Å². The maximum atomic E-state index is 12.7. The third-order valence-electron chi connectivity index (χ3n) is 9.28. The van der Waals surface area contributed by atoms with Gasteiger partial charge in [0.25, 0.3) is 0 Å². The maximum Gasteiger partial charge on any atom is 0.322 e. The molecule has 0 rings (SSSR count). The molecular formula is C40H77NO5. The second kappa shape index (κ2) is 36.2. The smallest absolute Gasteiger partial charge is 0.322 e. The molecule has 6 nitrogen and oxygen atoms in total. The molecule has 0 saturated heterocycles. The third-order valence-corrected chi connectivity index (χ3v) is 9.28. The predicted molar refractivity (Wildman–Crippen MR) is 194 cm³/mol. The van der Waals surface area contributed by atoms with Gasteiger partial charge in [-0.3, -0.25) is 14.4 Å². The van der Waals surface area contributed by atoms with E-state index in [2.05, 4.69) is 19.2 Å². The van der Waals surface area contributed by atoms with E-state index in [9.17, 15) is 14.4 Å². The fourth-order valence-corrected chi connectivity index (χ4v) is 6.28. The minimum Gasteiger partial charge on any atom is -0.480 e. The molecule has 6 heteroatoms. The topological polar surface area (TPSA) is 92.7 Å². The van der Waals surface area contributed by atoms with Crippen LogP contribution in [-0.4, -0.2) is 35.6 Å². The summed E-state index contributed by atoms with van der Waals surface area (Å²) in [6.07, 6.45) is 39.4. The number of carboxylic acid groups (broad SMARTS) is 1. The first-order valence-electron chi connectivity index (χ1n) is 20.2. The first kappa shape index (κ1) is 44.4. The molecule has 0 heterocycles. The van der Waals surface area contributed by atoms with Crippen molar-refractivity contribution in [3.8, 4) is 0 Å². The van der Waals surface area contributed by atoms with Crippen molar-refractivity contribution in [2.45, 2.75) is 232 Å². The van der Waals surface area contributed by atoms with Crippen LogP contribution in [0.5, 0.6) is 0 Å². The number of unbranched alkanes of at least 4 members (excludes halogenated alkanes) is 26. The van der Waals surface area contributed by atoms with Crippen molar-refractivity contribution in [1.29, 1.82) is 0 Å². The zero-order chi connectivity index (χ0) is 33.8. The summed E-state index contributed by atoms with van der Waals surface area (Å²) in [5.41, 5.74) is 0. The number of nitrogens with one attached hydrogen (secondary N) is 1. The van der Waals surface area contributed by atoms with Crippen molar-refractivity contribution in [3.05, 3.63) is 0 Å². The highest BCUT2D eigenvalue weighted by Gasteiger charge is 2.14. The fraction of sp³-hybridized carbons (Fsp3) is 0.925. The quantitative estimate of drug-likeness (QED) is 0.0515. The Balaban J connectivity index is 3.95. The lowest BCUT2D eigenvalue weighted by atomic mass is 10.0. The number of carboxylic acids is 1. The Bertz CT molecular complexity index is 683. The summed E-state index contributed by atoms with van der Waals surface area (Å²) in [6.45, 7) is 4.22. The monoisotopic (exact) mass is 652 g/mol. The molecule has 0 aromatic carbocycles. The Morgan fingerprint density at radius 3 is 1.17 bits per heavy atom. The molecule has 0 aliphatic carbocycles. The van der Waals surface area contributed by atoms with E-state index in [1.54, 1.807) is 0 Å². The SMILES string of the molecule is CCCCCCCCCCCCCCCCCCCC(=O)OC(CCCCCCCCC)CCCCCCCC(=O)NCC(=O)O. The average molecular weight is 652 g/mol. The molecule has 272 valence electrons. The van der Waals surface area contributed by atoms with Crippen molar-refractivity contribution >= 4 is 17.8 Å². The summed E-state index contributed by atoms with van der Waals surface area (Å²) in [5.74, 6) is -1.22. The first-order chi connectivity index (χ1) is 22.5. The van der Waals surface area contributed by atoms with Crippen molar-refractivity contribution in [2.75, 3.05) is 6.54 Å². The number of amides is 1. The van der Waals surface area contributed by atoms with Gasteiger partial charge >= 0.3 is 11.9 Å². The number of aliphatic carboxylic acids is 1. The highest BCUT2D eigenvalue weighted by molar-refractivity contribution is 5.80. The van der Waals surface area contributed by atoms with Gasteiger partial charge in [0.05, 0.1) is 0 Å². The number of carbonyl (C=O) groups is 3. The Kier molecular flexibility index (Phi) is 35.0. The second-order valence-corrected chi connectivity index (χ2v) is 13.9. The van der Waals surface area contributed by atoms with E-state index in [1.807, 2.05) is 0 Å². The lowest BCUT2D eigenvalue weighted by Crippen LogP contribution is -2.28. The molecule has 2 N–H and O–H groups in total. The van der Waals surface area contributed by atoms with E-state index in [1.165, 1.54) is 135 Å². The van der Waals surface area contributed by atoms with E-state index in [4.69, 9.17) is 9.84 Å². The fourth-order valence-electron chi connectivity index (χ4n) is 6.28. The highest BCUT2D eigenvalue weighted by atomic mass is 16.5. The predicted octanol–water partition coefficient (Wildman–Crippen LogP) is 12.0.